The van der Waals surface area contributed by atoms with Gasteiger partial charge in [0.15, 0.2) is 6.04 Å². The number of aliphatic hydroxyl groups excluding tert-OH is 1. The molecule has 1 N–H and O–H groups in total. The van der Waals surface area contributed by atoms with E-state index in [0.29, 0.717) is 12.0 Å². The molecule has 1 amide bonds. The van der Waals surface area contributed by atoms with Crippen molar-refractivity contribution < 1.29 is 24.4 Å². The third kappa shape index (κ3) is 5.53. The summed E-state index contributed by atoms with van der Waals surface area (Å²) in [5.41, 5.74) is 1.50. The number of esters is 1. The summed E-state index contributed by atoms with van der Waals surface area (Å²) in [5.74, 6) is -1.48. The van der Waals surface area contributed by atoms with Crippen LogP contribution in [-0.4, -0.2) is 45.0 Å². The molecule has 0 aliphatic carbocycles. The number of β-lactam (4-membered cyclic amide) rings is 1. The fourth-order valence-electron chi connectivity index (χ4n) is 3.86. The molecule has 3 rings (SSSR count). The first-order valence-electron chi connectivity index (χ1n) is 10.6. The summed E-state index contributed by atoms with van der Waals surface area (Å²) in [6.07, 6.45) is 4.75. The second kappa shape index (κ2) is 10.7. The fraction of sp³-hybridized carbons (Fsp3) is 0.280. The zero-order valence-electron chi connectivity index (χ0n) is 18.2. The lowest BCUT2D eigenvalue weighted by molar-refractivity contribution is -0.384. The summed E-state index contributed by atoms with van der Waals surface area (Å²) in [6.45, 7) is 5.03. The van der Waals surface area contributed by atoms with Gasteiger partial charge in [-0.3, -0.25) is 14.9 Å². The SMILES string of the molecule is C=C[C@@H]1C(=O)N(C(C(=O)OCc2ccc([N+](=O)[O-])cc2)C(C)O)[C@H]1C/C=C/c1ccccc1. The first-order valence-corrected chi connectivity index (χ1v) is 10.6. The van der Waals surface area contributed by atoms with Crippen LogP contribution < -0.4 is 0 Å². The van der Waals surface area contributed by atoms with Gasteiger partial charge in [-0.2, -0.15) is 0 Å². The molecule has 0 spiro atoms. The molecule has 2 aromatic carbocycles. The highest BCUT2D eigenvalue weighted by Gasteiger charge is 2.51. The third-order valence-corrected chi connectivity index (χ3v) is 5.58. The lowest BCUT2D eigenvalue weighted by Gasteiger charge is -2.49. The summed E-state index contributed by atoms with van der Waals surface area (Å²) >= 11 is 0. The van der Waals surface area contributed by atoms with Gasteiger partial charge in [-0.15, -0.1) is 6.58 Å². The molecule has 1 aliphatic heterocycles. The maximum Gasteiger partial charge on any atom is 0.331 e. The van der Waals surface area contributed by atoms with E-state index in [0.717, 1.165) is 5.56 Å². The minimum absolute atomic E-state index is 0.0695. The van der Waals surface area contributed by atoms with Gasteiger partial charge in [0.1, 0.15) is 6.61 Å². The molecule has 0 saturated carbocycles. The lowest BCUT2D eigenvalue weighted by Crippen LogP contribution is -2.67. The second-order valence-electron chi connectivity index (χ2n) is 7.84. The van der Waals surface area contributed by atoms with Crippen molar-refractivity contribution in [3.8, 4) is 0 Å². The van der Waals surface area contributed by atoms with E-state index in [1.54, 1.807) is 6.08 Å². The third-order valence-electron chi connectivity index (χ3n) is 5.58. The zero-order chi connectivity index (χ0) is 24.0. The maximum absolute atomic E-state index is 12.8. The largest absolute Gasteiger partial charge is 0.459 e. The van der Waals surface area contributed by atoms with Gasteiger partial charge in [0.25, 0.3) is 5.69 Å². The Morgan fingerprint density at radius 2 is 1.91 bits per heavy atom. The van der Waals surface area contributed by atoms with Crippen LogP contribution in [-0.2, 0) is 20.9 Å². The van der Waals surface area contributed by atoms with E-state index in [1.807, 2.05) is 42.5 Å². The quantitative estimate of drug-likeness (QED) is 0.195. The van der Waals surface area contributed by atoms with E-state index >= 15 is 0 Å². The summed E-state index contributed by atoms with van der Waals surface area (Å²) in [6, 6.07) is 13.8. The van der Waals surface area contributed by atoms with Crippen molar-refractivity contribution in [2.75, 3.05) is 0 Å². The van der Waals surface area contributed by atoms with Crippen LogP contribution in [0.4, 0.5) is 5.69 Å². The second-order valence-corrected chi connectivity index (χ2v) is 7.84. The summed E-state index contributed by atoms with van der Waals surface area (Å²) < 4.78 is 5.34. The number of likely N-dealkylation sites (tertiary alicyclic amines) is 1. The van der Waals surface area contributed by atoms with Gasteiger partial charge in [0, 0.05) is 12.1 Å². The van der Waals surface area contributed by atoms with Gasteiger partial charge in [0.2, 0.25) is 5.91 Å². The zero-order valence-corrected chi connectivity index (χ0v) is 18.2. The van der Waals surface area contributed by atoms with Crippen molar-refractivity contribution in [3.05, 3.63) is 94.6 Å². The number of ether oxygens (including phenoxy) is 1. The Kier molecular flexibility index (Phi) is 7.74. The Balaban J connectivity index is 1.69. The number of carbonyl (C=O) groups excluding carboxylic acids is 2. The molecule has 1 fully saturated rings. The van der Waals surface area contributed by atoms with Crippen molar-refractivity contribution >= 4 is 23.6 Å². The maximum atomic E-state index is 12.8. The summed E-state index contributed by atoms with van der Waals surface area (Å²) in [7, 11) is 0. The number of non-ortho nitro benzene ring substituents is 1. The van der Waals surface area contributed by atoms with E-state index in [4.69, 9.17) is 4.74 Å². The number of aliphatic hydroxyl groups is 1. The monoisotopic (exact) mass is 450 g/mol. The molecule has 0 aromatic heterocycles. The van der Waals surface area contributed by atoms with Crippen molar-refractivity contribution in [1.82, 2.24) is 4.90 Å². The van der Waals surface area contributed by atoms with Crippen molar-refractivity contribution in [1.29, 1.82) is 0 Å². The number of rotatable bonds is 10. The molecule has 8 heteroatoms. The topological polar surface area (TPSA) is 110 Å². The normalized spacial score (nSPS) is 19.6. The van der Waals surface area contributed by atoms with E-state index in [9.17, 15) is 24.8 Å². The predicted octanol–water partition coefficient (Wildman–Crippen LogP) is 3.50. The van der Waals surface area contributed by atoms with Crippen molar-refractivity contribution in [2.45, 2.75) is 38.1 Å². The number of hydrogen-bond acceptors (Lipinski definition) is 6. The summed E-state index contributed by atoms with van der Waals surface area (Å²) in [4.78, 5) is 37.1. The first kappa shape index (κ1) is 23.9. The molecule has 0 bridgehead atoms. The van der Waals surface area contributed by atoms with Gasteiger partial charge >= 0.3 is 5.97 Å². The van der Waals surface area contributed by atoms with Crippen molar-refractivity contribution in [3.63, 3.8) is 0 Å². The van der Waals surface area contributed by atoms with Crippen molar-refractivity contribution in [2.24, 2.45) is 5.92 Å². The smallest absolute Gasteiger partial charge is 0.331 e. The lowest BCUT2D eigenvalue weighted by atomic mass is 9.82. The Bertz CT molecular complexity index is 1030. The number of nitro groups is 1. The van der Waals surface area contributed by atoms with Crippen LogP contribution in [0.1, 0.15) is 24.5 Å². The number of benzene rings is 2. The van der Waals surface area contributed by atoms with Crippen LogP contribution in [0.5, 0.6) is 0 Å². The predicted molar refractivity (Wildman–Crippen MR) is 123 cm³/mol. The van der Waals surface area contributed by atoms with Gasteiger partial charge in [-0.05, 0) is 36.6 Å². The fourth-order valence-corrected chi connectivity index (χ4v) is 3.86. The van der Waals surface area contributed by atoms with Gasteiger partial charge in [-0.25, -0.2) is 4.79 Å². The minimum Gasteiger partial charge on any atom is -0.459 e. The molecule has 4 atom stereocenters. The molecule has 8 nitrogen and oxygen atoms in total. The molecular formula is C25H26N2O6. The molecule has 2 aromatic rings. The van der Waals surface area contributed by atoms with Crippen LogP contribution in [0.3, 0.4) is 0 Å². The number of nitrogens with zero attached hydrogens (tertiary/aromatic N) is 2. The Hall–Kier alpha value is -3.78. The van der Waals surface area contributed by atoms with Crippen LogP contribution in [0.15, 0.2) is 73.3 Å². The van der Waals surface area contributed by atoms with E-state index in [-0.39, 0.29) is 24.2 Å². The number of hydrogen-bond donors (Lipinski definition) is 1. The number of carbonyl (C=O) groups is 2. The number of nitro benzene ring substituents is 1. The highest BCUT2D eigenvalue weighted by Crippen LogP contribution is 2.34. The molecule has 1 aliphatic rings. The molecule has 2 unspecified atom stereocenters. The first-order chi connectivity index (χ1) is 15.8. The number of amides is 1. The Labute approximate surface area is 191 Å². The molecule has 1 saturated heterocycles. The standard InChI is InChI=1S/C25H26N2O6/c1-3-21-22(11-7-10-18-8-5-4-6-9-18)26(24(21)29)23(17(2)28)25(30)33-16-19-12-14-20(15-13-19)27(31)32/h3-10,12-15,17,21-23,28H,1,11,16H2,2H3/b10-7+/t17?,21-,22-,23?/m0/s1. The average molecular weight is 450 g/mol. The van der Waals surface area contributed by atoms with Gasteiger partial charge in [0.05, 0.1) is 23.0 Å². The van der Waals surface area contributed by atoms with Gasteiger partial charge < -0.3 is 14.7 Å². The summed E-state index contributed by atoms with van der Waals surface area (Å²) in [5, 5.41) is 21.1. The Morgan fingerprint density at radius 3 is 2.48 bits per heavy atom. The van der Waals surface area contributed by atoms with E-state index in [2.05, 4.69) is 6.58 Å². The minimum atomic E-state index is -1.16. The molecule has 172 valence electrons. The van der Waals surface area contributed by atoms with Crippen LogP contribution in [0.2, 0.25) is 0 Å². The highest BCUT2D eigenvalue weighted by molar-refractivity contribution is 5.92. The van der Waals surface area contributed by atoms with Crippen LogP contribution in [0, 0.1) is 16.0 Å². The Morgan fingerprint density at radius 1 is 1.24 bits per heavy atom. The highest BCUT2D eigenvalue weighted by atomic mass is 16.6. The van der Waals surface area contributed by atoms with E-state index in [1.165, 1.54) is 36.1 Å². The van der Waals surface area contributed by atoms with Gasteiger partial charge in [-0.1, -0.05) is 48.6 Å². The van der Waals surface area contributed by atoms with Crippen LogP contribution in [0.25, 0.3) is 6.08 Å². The van der Waals surface area contributed by atoms with E-state index < -0.39 is 29.0 Å². The molecule has 0 radical (unpaired) electrons. The van der Waals surface area contributed by atoms with Crippen LogP contribution >= 0.6 is 0 Å². The molecule has 1 heterocycles. The molecule has 33 heavy (non-hydrogen) atoms. The average Bonchev–Trinajstić information content (AvgIpc) is 2.81. The molecular weight excluding hydrogens is 424 g/mol.